The molecule has 0 aromatic heterocycles. The first-order chi connectivity index (χ1) is 9.77. The highest BCUT2D eigenvalue weighted by Gasteiger charge is 2.19. The van der Waals surface area contributed by atoms with Crippen LogP contribution < -0.4 is 10.5 Å². The lowest BCUT2D eigenvalue weighted by Crippen LogP contribution is -2.21. The molecule has 0 radical (unpaired) electrons. The van der Waals surface area contributed by atoms with Crippen molar-refractivity contribution in [2.75, 3.05) is 11.9 Å². The number of hydrogen-bond donors (Lipinski definition) is 2. The molecule has 5 heteroatoms. The molecular formula is C16H26N2O2S. The second kappa shape index (κ2) is 6.36. The van der Waals surface area contributed by atoms with Gasteiger partial charge in [0, 0.05) is 12.2 Å². The average molecular weight is 310 g/mol. The van der Waals surface area contributed by atoms with Crippen molar-refractivity contribution >= 4 is 15.7 Å². The fourth-order valence-corrected chi connectivity index (χ4v) is 3.58. The predicted octanol–water partition coefficient (Wildman–Crippen LogP) is 3.19. The highest BCUT2D eigenvalue weighted by molar-refractivity contribution is 7.89. The number of nitrogens with one attached hydrogen (secondary N) is 1. The van der Waals surface area contributed by atoms with Gasteiger partial charge in [-0.1, -0.05) is 19.8 Å². The summed E-state index contributed by atoms with van der Waals surface area (Å²) in [7, 11) is -3.66. The van der Waals surface area contributed by atoms with Gasteiger partial charge in [-0.15, -0.1) is 0 Å². The molecule has 0 saturated heterocycles. The van der Waals surface area contributed by atoms with E-state index in [9.17, 15) is 8.42 Å². The molecule has 3 N–H and O–H groups in total. The lowest BCUT2D eigenvalue weighted by molar-refractivity contribution is 0.300. The molecule has 0 bridgehead atoms. The Morgan fingerprint density at radius 1 is 1.19 bits per heavy atom. The van der Waals surface area contributed by atoms with E-state index in [1.165, 1.54) is 25.7 Å². The van der Waals surface area contributed by atoms with E-state index in [0.717, 1.165) is 29.3 Å². The number of primary sulfonamides is 1. The van der Waals surface area contributed by atoms with Gasteiger partial charge in [-0.2, -0.15) is 0 Å². The molecule has 21 heavy (non-hydrogen) atoms. The van der Waals surface area contributed by atoms with E-state index in [4.69, 9.17) is 5.14 Å². The van der Waals surface area contributed by atoms with Crippen molar-refractivity contribution in [3.63, 3.8) is 0 Å². The first-order valence-corrected chi connectivity index (χ1v) is 9.20. The molecular weight excluding hydrogens is 284 g/mol. The third-order valence-electron chi connectivity index (χ3n) is 4.69. The number of sulfonamides is 1. The van der Waals surface area contributed by atoms with E-state index < -0.39 is 10.0 Å². The first-order valence-electron chi connectivity index (χ1n) is 7.65. The van der Waals surface area contributed by atoms with Crippen LogP contribution in [-0.2, 0) is 10.0 Å². The Morgan fingerprint density at radius 3 is 2.38 bits per heavy atom. The van der Waals surface area contributed by atoms with Gasteiger partial charge in [-0.3, -0.25) is 0 Å². The molecule has 0 aliphatic heterocycles. The van der Waals surface area contributed by atoms with Gasteiger partial charge in [0.25, 0.3) is 0 Å². The number of anilines is 1. The second-order valence-corrected chi connectivity index (χ2v) is 8.03. The maximum Gasteiger partial charge on any atom is 0.238 e. The van der Waals surface area contributed by atoms with Gasteiger partial charge in [0.1, 0.15) is 0 Å². The first kappa shape index (κ1) is 16.3. The summed E-state index contributed by atoms with van der Waals surface area (Å²) < 4.78 is 23.1. The number of benzene rings is 1. The summed E-state index contributed by atoms with van der Waals surface area (Å²) >= 11 is 0. The molecule has 0 atom stereocenters. The fraction of sp³-hybridized carbons (Fsp3) is 0.625. The normalized spacial score (nSPS) is 23.0. The zero-order valence-electron chi connectivity index (χ0n) is 13.1. The van der Waals surface area contributed by atoms with Crippen LogP contribution in [-0.4, -0.2) is 15.0 Å². The van der Waals surface area contributed by atoms with E-state index in [0.29, 0.717) is 5.92 Å². The van der Waals surface area contributed by atoms with Gasteiger partial charge in [0.15, 0.2) is 0 Å². The summed E-state index contributed by atoms with van der Waals surface area (Å²) in [6.07, 6.45) is 5.09. The Bertz CT molecular complexity index is 603. The number of aryl methyl sites for hydroxylation is 1. The number of hydrogen-bond acceptors (Lipinski definition) is 3. The van der Waals surface area contributed by atoms with Crippen LogP contribution in [0.4, 0.5) is 5.69 Å². The van der Waals surface area contributed by atoms with Crippen LogP contribution in [0.5, 0.6) is 0 Å². The topological polar surface area (TPSA) is 72.2 Å². The minimum absolute atomic E-state index is 0.186. The highest BCUT2D eigenvalue weighted by Crippen LogP contribution is 2.29. The van der Waals surface area contributed by atoms with Crippen LogP contribution in [0.25, 0.3) is 0 Å². The summed E-state index contributed by atoms with van der Waals surface area (Å²) in [5.74, 6) is 1.52. The number of nitrogens with two attached hydrogens (primary N) is 1. The minimum Gasteiger partial charge on any atom is -0.385 e. The monoisotopic (exact) mass is 310 g/mol. The predicted molar refractivity (Wildman–Crippen MR) is 86.9 cm³/mol. The minimum atomic E-state index is -3.66. The zero-order valence-corrected chi connectivity index (χ0v) is 14.0. The summed E-state index contributed by atoms with van der Waals surface area (Å²) in [5.41, 5.74) is 2.92. The molecule has 2 rings (SSSR count). The third-order valence-corrected chi connectivity index (χ3v) is 5.58. The molecule has 1 aliphatic rings. The van der Waals surface area contributed by atoms with E-state index in [1.54, 1.807) is 12.1 Å². The lowest BCUT2D eigenvalue weighted by Gasteiger charge is -2.27. The Morgan fingerprint density at radius 2 is 1.81 bits per heavy atom. The molecule has 0 heterocycles. The largest absolute Gasteiger partial charge is 0.385 e. The average Bonchev–Trinajstić information content (AvgIpc) is 2.41. The van der Waals surface area contributed by atoms with Gasteiger partial charge in [0.2, 0.25) is 10.0 Å². The Labute approximate surface area is 128 Å². The van der Waals surface area contributed by atoms with Crippen LogP contribution in [0.3, 0.4) is 0 Å². The maximum absolute atomic E-state index is 11.5. The molecule has 1 aromatic rings. The van der Waals surface area contributed by atoms with Crippen molar-refractivity contribution in [1.29, 1.82) is 0 Å². The van der Waals surface area contributed by atoms with Crippen molar-refractivity contribution in [3.05, 3.63) is 23.3 Å². The van der Waals surface area contributed by atoms with Gasteiger partial charge >= 0.3 is 0 Å². The molecule has 118 valence electrons. The standard InChI is InChI=1S/C16H26N2O2S/c1-11-4-6-14(7-5-11)10-18-16-9-15(21(17,19)20)8-12(2)13(16)3/h8-9,11,14,18H,4-7,10H2,1-3H3,(H2,17,19,20). The molecule has 1 saturated carbocycles. The molecule has 4 nitrogen and oxygen atoms in total. The quantitative estimate of drug-likeness (QED) is 0.897. The SMILES string of the molecule is Cc1cc(S(N)(=O)=O)cc(NCC2CCC(C)CC2)c1C. The molecule has 1 aromatic carbocycles. The highest BCUT2D eigenvalue weighted by atomic mass is 32.2. The van der Waals surface area contributed by atoms with Gasteiger partial charge in [-0.25, -0.2) is 13.6 Å². The summed E-state index contributed by atoms with van der Waals surface area (Å²) in [4.78, 5) is 0.186. The van der Waals surface area contributed by atoms with Crippen molar-refractivity contribution in [3.8, 4) is 0 Å². The molecule has 1 aliphatic carbocycles. The summed E-state index contributed by atoms with van der Waals surface area (Å²) in [6.45, 7) is 7.14. The van der Waals surface area contributed by atoms with Gasteiger partial charge < -0.3 is 5.32 Å². The van der Waals surface area contributed by atoms with Crippen molar-refractivity contribution in [2.45, 2.75) is 51.3 Å². The van der Waals surface area contributed by atoms with Crippen molar-refractivity contribution in [1.82, 2.24) is 0 Å². The van der Waals surface area contributed by atoms with E-state index in [1.807, 2.05) is 13.8 Å². The van der Waals surface area contributed by atoms with Crippen molar-refractivity contribution in [2.24, 2.45) is 17.0 Å². The summed E-state index contributed by atoms with van der Waals surface area (Å²) in [5, 5.41) is 8.67. The molecule has 1 fully saturated rings. The van der Waals surface area contributed by atoms with Crippen LogP contribution in [0.15, 0.2) is 17.0 Å². The molecule has 0 amide bonds. The smallest absolute Gasteiger partial charge is 0.238 e. The zero-order chi connectivity index (χ0) is 15.6. The Balaban J connectivity index is 2.11. The van der Waals surface area contributed by atoms with Gasteiger partial charge in [-0.05, 0) is 61.8 Å². The van der Waals surface area contributed by atoms with Crippen LogP contribution >= 0.6 is 0 Å². The van der Waals surface area contributed by atoms with E-state index >= 15 is 0 Å². The number of rotatable bonds is 4. The maximum atomic E-state index is 11.5. The van der Waals surface area contributed by atoms with Crippen LogP contribution in [0, 0.1) is 25.7 Å². The lowest BCUT2D eigenvalue weighted by atomic mass is 9.83. The molecule has 0 unspecified atom stereocenters. The van der Waals surface area contributed by atoms with Gasteiger partial charge in [0.05, 0.1) is 4.90 Å². The Hall–Kier alpha value is -1.07. The van der Waals surface area contributed by atoms with E-state index in [2.05, 4.69) is 12.2 Å². The summed E-state index contributed by atoms with van der Waals surface area (Å²) in [6, 6.07) is 3.29. The fourth-order valence-electron chi connectivity index (χ4n) is 2.96. The van der Waals surface area contributed by atoms with E-state index in [-0.39, 0.29) is 4.90 Å². The Kier molecular flexibility index (Phi) is 4.94. The van der Waals surface area contributed by atoms with Crippen molar-refractivity contribution < 1.29 is 8.42 Å². The van der Waals surface area contributed by atoms with Crippen LogP contribution in [0.1, 0.15) is 43.7 Å². The third kappa shape index (κ3) is 4.20. The van der Waals surface area contributed by atoms with Crippen LogP contribution in [0.2, 0.25) is 0 Å². The molecule has 0 spiro atoms. The second-order valence-electron chi connectivity index (χ2n) is 6.46.